The Morgan fingerprint density at radius 3 is 2.72 bits per heavy atom. The van der Waals surface area contributed by atoms with Gasteiger partial charge in [-0.1, -0.05) is 37.8 Å². The molecule has 0 amide bonds. The van der Waals surface area contributed by atoms with Gasteiger partial charge in [0.05, 0.1) is 11.3 Å². The highest BCUT2D eigenvalue weighted by atomic mass is 32.1. The molecular weight excluding hydrogens is 378 g/mol. The molecule has 1 aromatic heterocycles. The van der Waals surface area contributed by atoms with E-state index in [-0.39, 0.29) is 5.56 Å². The van der Waals surface area contributed by atoms with Crippen LogP contribution in [0.5, 0.6) is 0 Å². The molecule has 2 aromatic carbocycles. The van der Waals surface area contributed by atoms with Gasteiger partial charge in [-0.25, -0.2) is 0 Å². The minimum atomic E-state index is -0.0143. The first kappa shape index (κ1) is 17.2. The van der Waals surface area contributed by atoms with Crippen LogP contribution < -0.4 is 15.8 Å². The normalized spacial score (nSPS) is 17.3. The molecule has 0 unspecified atom stereocenters. The minimum absolute atomic E-state index is 0.0143. The van der Waals surface area contributed by atoms with Crippen LogP contribution in [0.1, 0.15) is 47.6 Å². The van der Waals surface area contributed by atoms with Crippen LogP contribution in [0.15, 0.2) is 41.7 Å². The van der Waals surface area contributed by atoms with E-state index in [9.17, 15) is 4.79 Å². The Bertz CT molecular complexity index is 1230. The third-order valence-electron chi connectivity index (χ3n) is 6.46. The molecule has 6 rings (SSSR count). The largest absolute Gasteiger partial charge is 0.328 e. The molecule has 1 aliphatic carbocycles. The van der Waals surface area contributed by atoms with Crippen molar-refractivity contribution in [2.45, 2.75) is 45.3 Å². The number of hydrogen-bond donors (Lipinski definition) is 2. The Balaban J connectivity index is 1.59. The van der Waals surface area contributed by atoms with Crippen LogP contribution in [-0.2, 0) is 19.5 Å². The Kier molecular flexibility index (Phi) is 3.68. The summed E-state index contributed by atoms with van der Waals surface area (Å²) < 4.78 is 2.95. The number of anilines is 2. The first-order chi connectivity index (χ1) is 14.2. The van der Waals surface area contributed by atoms with Crippen LogP contribution in [0.3, 0.4) is 0 Å². The summed E-state index contributed by atoms with van der Waals surface area (Å²) in [5, 5.41) is 4.48. The molecular formula is C24H23N3OS. The highest BCUT2D eigenvalue weighted by Crippen LogP contribution is 2.52. The third kappa shape index (κ3) is 2.44. The second-order valence-corrected chi connectivity index (χ2v) is 9.02. The van der Waals surface area contributed by atoms with Crippen molar-refractivity contribution in [2.75, 3.05) is 4.90 Å². The summed E-state index contributed by atoms with van der Waals surface area (Å²) in [6.07, 6.45) is 3.30. The third-order valence-corrected chi connectivity index (χ3v) is 7.35. The van der Waals surface area contributed by atoms with Gasteiger partial charge in [-0.2, -0.15) is 0 Å². The van der Waals surface area contributed by atoms with Crippen molar-refractivity contribution in [3.63, 3.8) is 0 Å². The number of aromatic nitrogens is 1. The van der Waals surface area contributed by atoms with E-state index in [0.29, 0.717) is 6.04 Å². The maximum absolute atomic E-state index is 12.5. The molecule has 3 aliphatic rings. The van der Waals surface area contributed by atoms with E-state index in [4.69, 9.17) is 0 Å². The molecule has 146 valence electrons. The Hall–Kier alpha value is -2.63. The van der Waals surface area contributed by atoms with Crippen LogP contribution in [-0.4, -0.2) is 10.4 Å². The number of hydrogen-bond acceptors (Lipinski definition) is 4. The molecule has 1 fully saturated rings. The van der Waals surface area contributed by atoms with Gasteiger partial charge in [-0.05, 0) is 70.3 Å². The monoisotopic (exact) mass is 401 g/mol. The zero-order valence-electron chi connectivity index (χ0n) is 16.5. The highest BCUT2D eigenvalue weighted by molar-refractivity contribution is 7.10. The second-order valence-electron chi connectivity index (χ2n) is 8.22. The van der Waals surface area contributed by atoms with E-state index in [1.165, 1.54) is 57.9 Å². The van der Waals surface area contributed by atoms with Gasteiger partial charge in [0.15, 0.2) is 0 Å². The van der Waals surface area contributed by atoms with Gasteiger partial charge in [0.2, 0.25) is 0 Å². The number of nitrogens with one attached hydrogen (secondary N) is 2. The van der Waals surface area contributed by atoms with E-state index >= 15 is 0 Å². The van der Waals surface area contributed by atoms with Gasteiger partial charge >= 0.3 is 0 Å². The lowest BCUT2D eigenvalue weighted by molar-refractivity contribution is 0.765. The fraction of sp³-hybridized carbons (Fsp3) is 0.292. The smallest absolute Gasteiger partial charge is 0.268 e. The van der Waals surface area contributed by atoms with Gasteiger partial charge in [0.25, 0.3) is 5.56 Å². The number of aromatic amines is 1. The molecule has 0 saturated heterocycles. The van der Waals surface area contributed by atoms with Gasteiger partial charge in [0, 0.05) is 24.7 Å². The van der Waals surface area contributed by atoms with E-state index in [1.54, 1.807) is 0 Å². The van der Waals surface area contributed by atoms with Gasteiger partial charge in [-0.3, -0.25) is 9.17 Å². The topological polar surface area (TPSA) is 48.1 Å². The van der Waals surface area contributed by atoms with Crippen LogP contribution in [0, 0.1) is 0 Å². The first-order valence-corrected chi connectivity index (χ1v) is 11.2. The number of benzene rings is 2. The van der Waals surface area contributed by atoms with Crippen molar-refractivity contribution in [1.82, 2.24) is 9.69 Å². The number of H-pyrrole nitrogens is 1. The molecule has 1 saturated carbocycles. The van der Waals surface area contributed by atoms with E-state index < -0.39 is 0 Å². The molecule has 2 N–H and O–H groups in total. The summed E-state index contributed by atoms with van der Waals surface area (Å²) in [7, 11) is 0. The SMILES string of the molecule is C=C1c2ccc(-c3ccc4c(c3)CNC4)c(CC)c2N(C2CC2)c2s[nH]c(=O)c21. The fourth-order valence-electron chi connectivity index (χ4n) is 4.89. The summed E-state index contributed by atoms with van der Waals surface area (Å²) in [5.74, 6) is 0. The van der Waals surface area contributed by atoms with Crippen LogP contribution in [0.4, 0.5) is 10.7 Å². The molecule has 3 aromatic rings. The molecule has 0 radical (unpaired) electrons. The maximum Gasteiger partial charge on any atom is 0.268 e. The number of nitrogens with zero attached hydrogens (tertiary/aromatic N) is 1. The van der Waals surface area contributed by atoms with Crippen molar-refractivity contribution in [2.24, 2.45) is 0 Å². The molecule has 0 atom stereocenters. The summed E-state index contributed by atoms with van der Waals surface area (Å²) in [5.41, 5.74) is 10.7. The molecule has 0 spiro atoms. The van der Waals surface area contributed by atoms with Crippen molar-refractivity contribution in [1.29, 1.82) is 0 Å². The average Bonchev–Trinajstić information content (AvgIpc) is 3.33. The Morgan fingerprint density at radius 1 is 1.14 bits per heavy atom. The van der Waals surface area contributed by atoms with Gasteiger partial charge in [-0.15, -0.1) is 0 Å². The minimum Gasteiger partial charge on any atom is -0.328 e. The van der Waals surface area contributed by atoms with Crippen molar-refractivity contribution < 1.29 is 0 Å². The van der Waals surface area contributed by atoms with Crippen LogP contribution in [0.2, 0.25) is 0 Å². The van der Waals surface area contributed by atoms with E-state index in [2.05, 4.69) is 58.4 Å². The predicted octanol–water partition coefficient (Wildman–Crippen LogP) is 4.94. The van der Waals surface area contributed by atoms with Crippen LogP contribution >= 0.6 is 11.5 Å². The highest BCUT2D eigenvalue weighted by Gasteiger charge is 2.40. The zero-order chi connectivity index (χ0) is 19.7. The van der Waals surface area contributed by atoms with Gasteiger partial charge < -0.3 is 10.2 Å². The average molecular weight is 402 g/mol. The van der Waals surface area contributed by atoms with E-state index in [1.807, 2.05) is 0 Å². The number of rotatable bonds is 3. The summed E-state index contributed by atoms with van der Waals surface area (Å²) in [6.45, 7) is 8.46. The summed E-state index contributed by atoms with van der Waals surface area (Å²) in [6, 6.07) is 11.7. The second kappa shape index (κ2) is 6.18. The molecule has 3 heterocycles. The van der Waals surface area contributed by atoms with Crippen LogP contribution in [0.25, 0.3) is 16.7 Å². The molecule has 5 heteroatoms. The Morgan fingerprint density at radius 2 is 1.93 bits per heavy atom. The lowest BCUT2D eigenvalue weighted by atomic mass is 9.86. The quantitative estimate of drug-likeness (QED) is 0.653. The van der Waals surface area contributed by atoms with Crippen molar-refractivity contribution >= 4 is 27.8 Å². The zero-order valence-corrected chi connectivity index (χ0v) is 17.3. The molecule has 4 nitrogen and oxygen atoms in total. The standard InChI is InChI=1S/C24H23N3OS/c1-3-18-20(14-4-5-15-11-25-12-16(15)10-14)9-8-19-13(2)21-23(28)26-29-24(21)27(22(18)19)17-6-7-17/h4-5,8-10,17,25H,2-3,6-7,11-12H2,1H3,(H,26,28). The molecule has 29 heavy (non-hydrogen) atoms. The van der Waals surface area contributed by atoms with Gasteiger partial charge in [0.1, 0.15) is 5.00 Å². The van der Waals surface area contributed by atoms with Crippen molar-refractivity contribution in [3.8, 4) is 11.1 Å². The lowest BCUT2D eigenvalue weighted by Crippen LogP contribution is -2.27. The molecule has 0 bridgehead atoms. The van der Waals surface area contributed by atoms with Crippen molar-refractivity contribution in [3.05, 3.63) is 75.1 Å². The fourth-order valence-corrected chi connectivity index (χ4v) is 5.84. The summed E-state index contributed by atoms with van der Waals surface area (Å²) in [4.78, 5) is 14.9. The maximum atomic E-state index is 12.5. The predicted molar refractivity (Wildman–Crippen MR) is 120 cm³/mol. The van der Waals surface area contributed by atoms with E-state index in [0.717, 1.165) is 41.2 Å². The summed E-state index contributed by atoms with van der Waals surface area (Å²) >= 11 is 1.45. The lowest BCUT2D eigenvalue weighted by Gasteiger charge is -2.34. The first-order valence-electron chi connectivity index (χ1n) is 10.4. The molecule has 2 aliphatic heterocycles. The number of fused-ring (bicyclic) bond motifs is 3. The Labute approximate surface area is 174 Å².